The second kappa shape index (κ2) is 8.87. The fraction of sp³-hybridized carbons (Fsp3) is 0.412. The predicted molar refractivity (Wildman–Crippen MR) is 90.5 cm³/mol. The highest BCUT2D eigenvalue weighted by atomic mass is 16.4. The van der Waals surface area contributed by atoms with E-state index in [4.69, 9.17) is 10.8 Å². The number of nitrogens with two attached hydrogens (primary N) is 1. The summed E-state index contributed by atoms with van der Waals surface area (Å²) < 4.78 is 0. The monoisotopic (exact) mass is 303 g/mol. The zero-order chi connectivity index (χ0) is 16.5. The van der Waals surface area contributed by atoms with Gasteiger partial charge in [-0.3, -0.25) is 4.79 Å². The normalized spacial score (nSPS) is 17.3. The quantitative estimate of drug-likeness (QED) is 0.560. The molecule has 1 rings (SSSR count). The van der Waals surface area contributed by atoms with E-state index in [1.807, 2.05) is 6.92 Å². The summed E-state index contributed by atoms with van der Waals surface area (Å²) in [6, 6.07) is 0. The molecule has 0 atom stereocenters. The van der Waals surface area contributed by atoms with Crippen molar-refractivity contribution in [3.05, 3.63) is 47.5 Å². The molecule has 0 spiro atoms. The standard InChI is InChI=1S/C17H25N3O2/c1-4-14(6-7-17(21)22)10-15-8-9-20(12-13(15)3)16(11-18)19-5-2/h4-5,10-11H,1,6-9,12,18H2,2-3H3,(H,21,22)/b14-10+,16-11+,19-5-. The van der Waals surface area contributed by atoms with E-state index >= 15 is 0 Å². The summed E-state index contributed by atoms with van der Waals surface area (Å²) in [5, 5.41) is 8.78. The summed E-state index contributed by atoms with van der Waals surface area (Å²) in [6.45, 7) is 9.33. The first-order chi connectivity index (χ1) is 10.5. The molecule has 1 heterocycles. The van der Waals surface area contributed by atoms with Crippen molar-refractivity contribution in [2.24, 2.45) is 10.7 Å². The number of nitrogens with zero attached hydrogens (tertiary/aromatic N) is 2. The van der Waals surface area contributed by atoms with Gasteiger partial charge in [0.2, 0.25) is 0 Å². The van der Waals surface area contributed by atoms with Crippen LogP contribution in [0.4, 0.5) is 0 Å². The molecule has 0 saturated carbocycles. The number of hydrogen-bond acceptors (Lipinski definition) is 4. The lowest BCUT2D eigenvalue weighted by Gasteiger charge is -2.30. The Labute approximate surface area is 132 Å². The second-order valence-electron chi connectivity index (χ2n) is 5.21. The van der Waals surface area contributed by atoms with E-state index in [-0.39, 0.29) is 6.42 Å². The first-order valence-corrected chi connectivity index (χ1v) is 7.40. The molecule has 5 heteroatoms. The third kappa shape index (κ3) is 5.24. The van der Waals surface area contributed by atoms with Gasteiger partial charge in [0.15, 0.2) is 0 Å². The number of carboxylic acids is 1. The Balaban J connectivity index is 2.85. The molecular formula is C17H25N3O2. The Kier molecular flexibility index (Phi) is 7.16. The van der Waals surface area contributed by atoms with Gasteiger partial charge in [-0.2, -0.15) is 0 Å². The molecule has 3 N–H and O–H groups in total. The largest absolute Gasteiger partial charge is 0.481 e. The van der Waals surface area contributed by atoms with Crippen LogP contribution in [0.3, 0.4) is 0 Å². The van der Waals surface area contributed by atoms with Gasteiger partial charge in [0.25, 0.3) is 0 Å². The summed E-state index contributed by atoms with van der Waals surface area (Å²) >= 11 is 0. The maximum absolute atomic E-state index is 10.7. The van der Waals surface area contributed by atoms with E-state index < -0.39 is 5.97 Å². The van der Waals surface area contributed by atoms with E-state index in [0.717, 1.165) is 30.9 Å². The number of carbonyl (C=O) groups is 1. The zero-order valence-corrected chi connectivity index (χ0v) is 13.4. The molecule has 0 aromatic rings. The van der Waals surface area contributed by atoms with Crippen molar-refractivity contribution in [3.63, 3.8) is 0 Å². The van der Waals surface area contributed by atoms with Gasteiger partial charge in [0, 0.05) is 31.9 Å². The molecule has 0 aromatic heterocycles. The molecule has 0 aliphatic carbocycles. The van der Waals surface area contributed by atoms with E-state index in [0.29, 0.717) is 6.42 Å². The van der Waals surface area contributed by atoms with Crippen LogP contribution in [0.1, 0.15) is 33.1 Å². The predicted octanol–water partition coefficient (Wildman–Crippen LogP) is 2.83. The van der Waals surface area contributed by atoms with Crippen LogP contribution in [-0.4, -0.2) is 35.3 Å². The maximum Gasteiger partial charge on any atom is 0.303 e. The fourth-order valence-corrected chi connectivity index (χ4v) is 2.40. The lowest BCUT2D eigenvalue weighted by atomic mass is 9.97. The molecular weight excluding hydrogens is 278 g/mol. The first kappa shape index (κ1) is 17.8. The summed E-state index contributed by atoms with van der Waals surface area (Å²) in [5.74, 6) is -0.0110. The average Bonchev–Trinajstić information content (AvgIpc) is 2.50. The summed E-state index contributed by atoms with van der Waals surface area (Å²) in [4.78, 5) is 17.1. The third-order valence-corrected chi connectivity index (χ3v) is 3.61. The first-order valence-electron chi connectivity index (χ1n) is 7.40. The number of aliphatic imine (C=N–C) groups is 1. The molecule has 120 valence electrons. The minimum absolute atomic E-state index is 0.127. The maximum atomic E-state index is 10.7. The van der Waals surface area contributed by atoms with Crippen LogP contribution >= 0.6 is 0 Å². The minimum atomic E-state index is -0.788. The molecule has 0 aromatic carbocycles. The van der Waals surface area contributed by atoms with Crippen LogP contribution < -0.4 is 5.73 Å². The summed E-state index contributed by atoms with van der Waals surface area (Å²) in [5.41, 5.74) is 9.08. The van der Waals surface area contributed by atoms with Gasteiger partial charge < -0.3 is 15.7 Å². The Morgan fingerprint density at radius 3 is 2.73 bits per heavy atom. The Bertz CT molecular complexity index is 542. The molecule has 1 aliphatic heterocycles. The number of rotatable bonds is 7. The van der Waals surface area contributed by atoms with Gasteiger partial charge in [-0.05, 0) is 37.8 Å². The molecule has 5 nitrogen and oxygen atoms in total. The molecule has 0 saturated heterocycles. The molecule has 0 radical (unpaired) electrons. The van der Waals surface area contributed by atoms with Gasteiger partial charge in [-0.15, -0.1) is 0 Å². The van der Waals surface area contributed by atoms with Gasteiger partial charge in [-0.1, -0.05) is 24.3 Å². The van der Waals surface area contributed by atoms with Gasteiger partial charge in [0.1, 0.15) is 5.82 Å². The van der Waals surface area contributed by atoms with Crippen LogP contribution in [0, 0.1) is 0 Å². The van der Waals surface area contributed by atoms with Crippen molar-refractivity contribution in [2.75, 3.05) is 13.1 Å². The molecule has 0 fully saturated rings. The Morgan fingerprint density at radius 1 is 1.50 bits per heavy atom. The van der Waals surface area contributed by atoms with Gasteiger partial charge >= 0.3 is 5.97 Å². The SMILES string of the molecule is C=C/C(=C\C1=C(C)CN(C(=C/N)/N=C\C)CC1)CCC(=O)O. The van der Waals surface area contributed by atoms with E-state index in [9.17, 15) is 4.79 Å². The number of aliphatic carboxylic acids is 1. The minimum Gasteiger partial charge on any atom is -0.481 e. The molecule has 0 bridgehead atoms. The third-order valence-electron chi connectivity index (χ3n) is 3.61. The lowest BCUT2D eigenvalue weighted by molar-refractivity contribution is -0.136. The highest BCUT2D eigenvalue weighted by Crippen LogP contribution is 2.24. The van der Waals surface area contributed by atoms with Crippen molar-refractivity contribution in [1.29, 1.82) is 0 Å². The van der Waals surface area contributed by atoms with Crippen LogP contribution in [0.2, 0.25) is 0 Å². The van der Waals surface area contributed by atoms with E-state index in [1.54, 1.807) is 12.3 Å². The van der Waals surface area contributed by atoms with E-state index in [1.165, 1.54) is 17.3 Å². The highest BCUT2D eigenvalue weighted by Gasteiger charge is 2.17. The lowest BCUT2D eigenvalue weighted by Crippen LogP contribution is -2.30. The van der Waals surface area contributed by atoms with Crippen LogP contribution in [0.5, 0.6) is 0 Å². The second-order valence-corrected chi connectivity index (χ2v) is 5.21. The number of allylic oxidation sites excluding steroid dienone is 3. The van der Waals surface area contributed by atoms with Gasteiger partial charge in [0.05, 0.1) is 0 Å². The van der Waals surface area contributed by atoms with E-state index in [2.05, 4.69) is 29.5 Å². The smallest absolute Gasteiger partial charge is 0.303 e. The average molecular weight is 303 g/mol. The van der Waals surface area contributed by atoms with Crippen LogP contribution in [0.15, 0.2) is 52.5 Å². The van der Waals surface area contributed by atoms with Crippen LogP contribution in [-0.2, 0) is 4.79 Å². The van der Waals surface area contributed by atoms with Crippen molar-refractivity contribution in [1.82, 2.24) is 4.90 Å². The fourth-order valence-electron chi connectivity index (χ4n) is 2.40. The summed E-state index contributed by atoms with van der Waals surface area (Å²) in [6.07, 6.45) is 8.58. The number of carboxylic acid groups (broad SMARTS) is 1. The molecule has 1 aliphatic rings. The zero-order valence-electron chi connectivity index (χ0n) is 13.4. The van der Waals surface area contributed by atoms with Crippen molar-refractivity contribution in [2.45, 2.75) is 33.1 Å². The van der Waals surface area contributed by atoms with Crippen molar-refractivity contribution in [3.8, 4) is 0 Å². The topological polar surface area (TPSA) is 78.9 Å². The Morgan fingerprint density at radius 2 is 2.23 bits per heavy atom. The highest BCUT2D eigenvalue weighted by molar-refractivity contribution is 5.67. The van der Waals surface area contributed by atoms with Crippen LogP contribution in [0.25, 0.3) is 0 Å². The Hall–Kier alpha value is -2.30. The van der Waals surface area contributed by atoms with Crippen molar-refractivity contribution < 1.29 is 9.90 Å². The number of hydrogen-bond donors (Lipinski definition) is 2. The summed E-state index contributed by atoms with van der Waals surface area (Å²) in [7, 11) is 0. The molecule has 0 unspecified atom stereocenters. The molecule has 22 heavy (non-hydrogen) atoms. The molecule has 0 amide bonds. The van der Waals surface area contributed by atoms with Gasteiger partial charge in [-0.25, -0.2) is 4.99 Å². The van der Waals surface area contributed by atoms with Crippen molar-refractivity contribution >= 4 is 12.2 Å².